The monoisotopic (exact) mass is 428 g/mol. The van der Waals surface area contributed by atoms with Crippen LogP contribution in [-0.4, -0.2) is 35.8 Å². The molecule has 0 rings (SSSR count). The van der Waals surface area contributed by atoms with Crippen molar-refractivity contribution >= 4 is 14.8 Å². The van der Waals surface area contributed by atoms with E-state index in [0.29, 0.717) is 6.42 Å². The highest BCUT2D eigenvalue weighted by molar-refractivity contribution is 6.66. The summed E-state index contributed by atoms with van der Waals surface area (Å²) in [5, 5.41) is 0. The highest BCUT2D eigenvalue weighted by Crippen LogP contribution is 2.11. The molecule has 0 fully saturated rings. The summed E-state index contributed by atoms with van der Waals surface area (Å²) < 4.78 is 20.9. The van der Waals surface area contributed by atoms with E-state index >= 15 is 0 Å². The van der Waals surface area contributed by atoms with Crippen molar-refractivity contribution in [3.8, 4) is 0 Å². The fourth-order valence-corrected chi connectivity index (χ4v) is 4.09. The number of unbranched alkanes of at least 4 members (excludes halogenated alkanes) is 11. The Morgan fingerprint density at radius 1 is 0.828 bits per heavy atom. The Hall–Kier alpha value is -0.953. The Morgan fingerprint density at radius 2 is 1.34 bits per heavy atom. The van der Waals surface area contributed by atoms with Crippen molar-refractivity contribution in [2.24, 2.45) is 0 Å². The van der Waals surface area contributed by atoms with E-state index in [1.165, 1.54) is 84.1 Å². The molecule has 0 radical (unpaired) electrons. The van der Waals surface area contributed by atoms with Gasteiger partial charge in [0.25, 0.3) is 0 Å². The summed E-state index contributed by atoms with van der Waals surface area (Å²) in [5.41, 5.74) is 1.50. The number of carbonyl (C=O) groups excluding carboxylic acids is 1. The van der Waals surface area contributed by atoms with E-state index in [1.54, 1.807) is 0 Å². The van der Waals surface area contributed by atoms with Crippen LogP contribution in [-0.2, 0) is 22.8 Å². The Kier molecular flexibility index (Phi) is 19.7. The van der Waals surface area contributed by atoms with Crippen LogP contribution >= 0.6 is 0 Å². The molecule has 5 nitrogen and oxygen atoms in total. The number of carbonyl (C=O) groups is 1. The second-order valence-corrected chi connectivity index (χ2v) is 10.0. The van der Waals surface area contributed by atoms with E-state index in [-0.39, 0.29) is 12.8 Å². The predicted molar refractivity (Wildman–Crippen MR) is 121 cm³/mol. The lowest BCUT2D eigenvalue weighted by Gasteiger charge is -2.22. The number of rotatable bonds is 21. The normalized spacial score (nSPS) is 11.8. The molecule has 0 aromatic heterocycles. The summed E-state index contributed by atoms with van der Waals surface area (Å²) in [6.07, 6.45) is 21.2. The van der Waals surface area contributed by atoms with E-state index in [0.717, 1.165) is 19.3 Å². The van der Waals surface area contributed by atoms with Gasteiger partial charge in [-0.1, -0.05) is 77.0 Å². The van der Waals surface area contributed by atoms with Crippen molar-refractivity contribution in [2.75, 3.05) is 21.0 Å². The van der Waals surface area contributed by atoms with Gasteiger partial charge in [-0.3, -0.25) is 4.79 Å². The minimum absolute atomic E-state index is 0.163. The van der Waals surface area contributed by atoms with Crippen LogP contribution in [0.2, 0.25) is 0 Å². The van der Waals surface area contributed by atoms with Crippen LogP contribution < -0.4 is 0 Å². The minimum Gasteiger partial charge on any atom is -0.439 e. The van der Waals surface area contributed by atoms with Crippen LogP contribution in [0.5, 0.6) is 0 Å². The molecule has 0 bridgehead atoms. The SMILES string of the molecule is C=C[Si](OC)(OC)OCOC(=O)CCCCCCC/C=C\CCCCCCCC. The second-order valence-electron chi connectivity index (χ2n) is 7.33. The largest absolute Gasteiger partial charge is 0.530 e. The first-order valence-corrected chi connectivity index (χ1v) is 13.1. The van der Waals surface area contributed by atoms with Crippen LogP contribution in [0.4, 0.5) is 0 Å². The van der Waals surface area contributed by atoms with Gasteiger partial charge in [0.2, 0.25) is 0 Å². The van der Waals surface area contributed by atoms with Gasteiger partial charge in [0.1, 0.15) is 0 Å². The lowest BCUT2D eigenvalue weighted by Crippen LogP contribution is -2.42. The van der Waals surface area contributed by atoms with Crippen molar-refractivity contribution in [1.29, 1.82) is 0 Å². The van der Waals surface area contributed by atoms with Crippen molar-refractivity contribution < 1.29 is 22.8 Å². The average molecular weight is 429 g/mol. The van der Waals surface area contributed by atoms with Gasteiger partial charge in [-0.15, -0.1) is 0 Å². The van der Waals surface area contributed by atoms with Crippen molar-refractivity contribution in [3.63, 3.8) is 0 Å². The number of esters is 1. The number of ether oxygens (including phenoxy) is 1. The second kappa shape index (κ2) is 20.3. The van der Waals surface area contributed by atoms with Gasteiger partial charge in [0, 0.05) is 20.6 Å². The molecular formula is C23H44O5Si. The molecule has 0 aliphatic carbocycles. The molecule has 0 saturated carbocycles. The van der Waals surface area contributed by atoms with Gasteiger partial charge in [0.15, 0.2) is 6.79 Å². The molecule has 29 heavy (non-hydrogen) atoms. The van der Waals surface area contributed by atoms with Gasteiger partial charge in [0.05, 0.1) is 0 Å². The minimum atomic E-state index is -2.88. The summed E-state index contributed by atoms with van der Waals surface area (Å²) in [6.45, 7) is 5.73. The van der Waals surface area contributed by atoms with Crippen LogP contribution in [0.15, 0.2) is 24.4 Å². The summed E-state index contributed by atoms with van der Waals surface area (Å²) in [5.74, 6) is -0.248. The smallest absolute Gasteiger partial charge is 0.439 e. The highest BCUT2D eigenvalue weighted by Gasteiger charge is 2.35. The lowest BCUT2D eigenvalue weighted by molar-refractivity contribution is -0.152. The quantitative estimate of drug-likeness (QED) is 0.0687. The lowest BCUT2D eigenvalue weighted by atomic mass is 10.1. The summed E-state index contributed by atoms with van der Waals surface area (Å²) in [7, 11) is 0.103. The van der Waals surface area contributed by atoms with E-state index in [9.17, 15) is 4.79 Å². The Labute approximate surface area is 180 Å². The van der Waals surface area contributed by atoms with Crippen LogP contribution in [0.25, 0.3) is 0 Å². The first kappa shape index (κ1) is 28.0. The molecule has 0 aliphatic heterocycles. The third-order valence-corrected chi connectivity index (χ3v) is 7.10. The molecule has 0 saturated heterocycles. The van der Waals surface area contributed by atoms with E-state index < -0.39 is 8.80 Å². The number of hydrogen-bond acceptors (Lipinski definition) is 5. The Morgan fingerprint density at radius 3 is 1.86 bits per heavy atom. The van der Waals surface area contributed by atoms with Gasteiger partial charge < -0.3 is 18.0 Å². The Bertz CT molecular complexity index is 421. The van der Waals surface area contributed by atoms with Crippen molar-refractivity contribution in [3.05, 3.63) is 24.4 Å². The fraction of sp³-hybridized carbons (Fsp3) is 0.783. The third-order valence-electron chi connectivity index (χ3n) is 4.94. The van der Waals surface area contributed by atoms with Gasteiger partial charge in [-0.25, -0.2) is 0 Å². The molecule has 0 spiro atoms. The van der Waals surface area contributed by atoms with Gasteiger partial charge in [-0.05, 0) is 37.8 Å². The van der Waals surface area contributed by atoms with Crippen LogP contribution in [0.1, 0.15) is 96.8 Å². The zero-order valence-electron chi connectivity index (χ0n) is 19.1. The summed E-state index contributed by atoms with van der Waals surface area (Å²) in [6, 6.07) is 0. The number of hydrogen-bond donors (Lipinski definition) is 0. The molecule has 0 aromatic rings. The zero-order chi connectivity index (χ0) is 21.6. The predicted octanol–water partition coefficient (Wildman–Crippen LogP) is 6.50. The van der Waals surface area contributed by atoms with Crippen molar-refractivity contribution in [1.82, 2.24) is 0 Å². The Balaban J connectivity index is 3.44. The first-order chi connectivity index (χ1) is 14.1. The van der Waals surface area contributed by atoms with Crippen LogP contribution in [0.3, 0.4) is 0 Å². The molecule has 0 aliphatic rings. The highest BCUT2D eigenvalue weighted by atomic mass is 28.4. The van der Waals surface area contributed by atoms with Gasteiger partial charge in [-0.2, -0.15) is 0 Å². The maximum absolute atomic E-state index is 11.7. The maximum Gasteiger partial charge on any atom is 0.530 e. The molecule has 0 amide bonds. The molecule has 0 aromatic carbocycles. The molecule has 6 heteroatoms. The molecular weight excluding hydrogens is 384 g/mol. The van der Waals surface area contributed by atoms with Crippen molar-refractivity contribution in [2.45, 2.75) is 96.8 Å². The molecule has 0 atom stereocenters. The third kappa shape index (κ3) is 16.5. The number of allylic oxidation sites excluding steroid dienone is 2. The summed E-state index contributed by atoms with van der Waals surface area (Å²) in [4.78, 5) is 11.7. The molecule has 0 N–H and O–H groups in total. The summed E-state index contributed by atoms with van der Waals surface area (Å²) >= 11 is 0. The van der Waals surface area contributed by atoms with E-state index in [2.05, 4.69) is 25.7 Å². The van der Waals surface area contributed by atoms with Gasteiger partial charge >= 0.3 is 14.8 Å². The van der Waals surface area contributed by atoms with E-state index in [1.807, 2.05) is 0 Å². The standard InChI is InChI=1S/C23H44O5Si/c1-5-7-8-9-10-11-12-13-14-15-16-17-18-19-20-21-23(24)27-22-28-29(6-2,25-3)26-4/h6,13-14H,2,5,7-12,15-22H2,1,3-4H3/b14-13-. The topological polar surface area (TPSA) is 54.0 Å². The van der Waals surface area contributed by atoms with Crippen LogP contribution in [0, 0.1) is 0 Å². The molecule has 0 unspecified atom stereocenters. The zero-order valence-corrected chi connectivity index (χ0v) is 20.1. The molecule has 0 heterocycles. The fourth-order valence-electron chi connectivity index (χ4n) is 3.02. The van der Waals surface area contributed by atoms with E-state index in [4.69, 9.17) is 18.0 Å². The maximum atomic E-state index is 11.7. The first-order valence-electron chi connectivity index (χ1n) is 11.3. The molecule has 170 valence electrons. The average Bonchev–Trinajstić information content (AvgIpc) is 2.74.